The molecule has 0 aromatic heterocycles. The van der Waals surface area contributed by atoms with E-state index in [9.17, 15) is 29.1 Å². The van der Waals surface area contributed by atoms with Crippen molar-refractivity contribution in [3.63, 3.8) is 0 Å². The largest absolute Gasteiger partial charge is 0.481 e. The Balaban J connectivity index is 5.28. The molecule has 0 saturated heterocycles. The van der Waals surface area contributed by atoms with E-state index in [4.69, 9.17) is 19.7 Å². The Morgan fingerprint density at radius 1 is 0.514 bits per heavy atom. The molecule has 0 fully saturated rings. The van der Waals surface area contributed by atoms with Gasteiger partial charge in [-0.15, -0.1) is 0 Å². The Kier molecular flexibility index (Phi) is 14.9. The maximum Gasteiger partial charge on any atom is 0.320 e. The third kappa shape index (κ3) is 21.1. The molecule has 0 unspecified atom stereocenters. The van der Waals surface area contributed by atoms with E-state index in [0.717, 1.165) is 0 Å². The summed E-state index contributed by atoms with van der Waals surface area (Å²) in [5.74, 6) is -4.21. The van der Waals surface area contributed by atoms with Gasteiger partial charge < -0.3 is 24.8 Å². The molecular weight excluding hydrogens is 490 g/mol. The van der Waals surface area contributed by atoms with Crippen molar-refractivity contribution in [3.8, 4) is 0 Å². The quantitative estimate of drug-likeness (QED) is 0.209. The van der Waals surface area contributed by atoms with Crippen LogP contribution in [-0.2, 0) is 33.4 Å². The van der Waals surface area contributed by atoms with Crippen molar-refractivity contribution >= 4 is 29.8 Å². The minimum absolute atomic E-state index is 0.0683. The van der Waals surface area contributed by atoms with Gasteiger partial charge in [-0.05, 0) is 41.5 Å². The van der Waals surface area contributed by atoms with Gasteiger partial charge in [-0.1, -0.05) is 0 Å². The Morgan fingerprint density at radius 2 is 0.811 bits per heavy atom. The summed E-state index contributed by atoms with van der Waals surface area (Å²) >= 11 is 0. The molecule has 0 aromatic carbocycles. The molecule has 0 atom stereocenters. The first-order valence-corrected chi connectivity index (χ1v) is 12.1. The number of hydrogen-bond donors (Lipinski definition) is 3. The van der Waals surface area contributed by atoms with E-state index in [-0.39, 0.29) is 71.7 Å². The SMILES string of the molecule is CC(C)(C)OC(=O)CN(CCC(=O)O)CCN(CCN(CCC(=O)O)CC(=O)OC(C)(C)C)CC(=O)O. The van der Waals surface area contributed by atoms with Gasteiger partial charge in [0.15, 0.2) is 0 Å². The number of carboxylic acid groups (broad SMARTS) is 3. The van der Waals surface area contributed by atoms with Crippen LogP contribution in [0.4, 0.5) is 0 Å². The molecule has 13 nitrogen and oxygen atoms in total. The van der Waals surface area contributed by atoms with Crippen LogP contribution < -0.4 is 0 Å². The van der Waals surface area contributed by atoms with Crippen molar-refractivity contribution in [3.05, 3.63) is 0 Å². The van der Waals surface area contributed by atoms with E-state index in [1.54, 1.807) is 56.2 Å². The number of aliphatic carboxylic acids is 3. The fourth-order valence-electron chi connectivity index (χ4n) is 3.19. The van der Waals surface area contributed by atoms with Crippen LogP contribution in [0.1, 0.15) is 54.4 Å². The third-order valence-electron chi connectivity index (χ3n) is 4.65. The van der Waals surface area contributed by atoms with Crippen LogP contribution in [0, 0.1) is 0 Å². The van der Waals surface area contributed by atoms with E-state index in [2.05, 4.69) is 0 Å². The van der Waals surface area contributed by atoms with Crippen LogP contribution in [0.3, 0.4) is 0 Å². The summed E-state index contributed by atoms with van der Waals surface area (Å²) < 4.78 is 10.6. The van der Waals surface area contributed by atoms with Crippen molar-refractivity contribution in [1.82, 2.24) is 14.7 Å². The number of carboxylic acids is 3. The molecule has 0 radical (unpaired) electrons. The number of carbonyl (C=O) groups excluding carboxylic acids is 2. The van der Waals surface area contributed by atoms with Gasteiger partial charge >= 0.3 is 29.8 Å². The second kappa shape index (κ2) is 16.2. The van der Waals surface area contributed by atoms with Gasteiger partial charge in [0.1, 0.15) is 11.2 Å². The zero-order chi connectivity index (χ0) is 28.8. The van der Waals surface area contributed by atoms with Crippen LogP contribution in [-0.4, -0.2) is 130 Å². The van der Waals surface area contributed by atoms with Crippen LogP contribution in [0.15, 0.2) is 0 Å². The lowest BCUT2D eigenvalue weighted by molar-refractivity contribution is -0.157. The Morgan fingerprint density at radius 3 is 1.05 bits per heavy atom. The van der Waals surface area contributed by atoms with Crippen LogP contribution in [0.2, 0.25) is 0 Å². The molecule has 0 aliphatic heterocycles. The molecule has 0 aliphatic rings. The zero-order valence-electron chi connectivity index (χ0n) is 22.8. The molecular formula is C24H43N3O10. The average Bonchev–Trinajstić information content (AvgIpc) is 2.68. The number of ether oxygens (including phenoxy) is 2. The van der Waals surface area contributed by atoms with Gasteiger partial charge in [-0.3, -0.25) is 38.7 Å². The minimum Gasteiger partial charge on any atom is -0.481 e. The highest BCUT2D eigenvalue weighted by Gasteiger charge is 2.23. The summed E-state index contributed by atoms with van der Waals surface area (Å²) in [5, 5.41) is 27.4. The molecule has 0 rings (SSSR count). The summed E-state index contributed by atoms with van der Waals surface area (Å²) in [6.45, 7) is 10.6. The highest BCUT2D eigenvalue weighted by molar-refractivity contribution is 5.73. The highest BCUT2D eigenvalue weighted by Crippen LogP contribution is 2.09. The molecule has 214 valence electrons. The second-order valence-electron chi connectivity index (χ2n) is 10.7. The number of carbonyl (C=O) groups is 5. The molecule has 0 bridgehead atoms. The molecule has 0 aromatic rings. The first-order valence-electron chi connectivity index (χ1n) is 12.1. The maximum absolute atomic E-state index is 12.3. The smallest absolute Gasteiger partial charge is 0.320 e. The minimum atomic E-state index is -1.09. The predicted molar refractivity (Wildman–Crippen MR) is 133 cm³/mol. The van der Waals surface area contributed by atoms with Gasteiger partial charge in [0.05, 0.1) is 32.5 Å². The van der Waals surface area contributed by atoms with E-state index in [0.29, 0.717) is 0 Å². The number of esters is 2. The fraction of sp³-hybridized carbons (Fsp3) is 0.792. The fourth-order valence-corrected chi connectivity index (χ4v) is 3.19. The van der Waals surface area contributed by atoms with E-state index >= 15 is 0 Å². The molecule has 3 N–H and O–H groups in total. The van der Waals surface area contributed by atoms with Crippen molar-refractivity contribution in [2.45, 2.75) is 65.6 Å². The van der Waals surface area contributed by atoms with Gasteiger partial charge in [-0.25, -0.2) is 0 Å². The third-order valence-corrected chi connectivity index (χ3v) is 4.65. The summed E-state index contributed by atoms with van der Waals surface area (Å²) in [7, 11) is 0. The molecule has 0 amide bonds. The first kappa shape index (κ1) is 34.2. The topological polar surface area (TPSA) is 174 Å². The molecule has 0 spiro atoms. The van der Waals surface area contributed by atoms with Crippen LogP contribution in [0.5, 0.6) is 0 Å². The summed E-state index contributed by atoms with van der Waals surface area (Å²) in [5.41, 5.74) is -1.42. The van der Waals surface area contributed by atoms with E-state index in [1.165, 1.54) is 0 Å². The predicted octanol–water partition coefficient (Wildman–Crippen LogP) is 0.610. The molecule has 0 saturated carbocycles. The van der Waals surface area contributed by atoms with Crippen LogP contribution >= 0.6 is 0 Å². The monoisotopic (exact) mass is 533 g/mol. The summed E-state index contributed by atoms with van der Waals surface area (Å²) in [6.07, 6.45) is -0.416. The van der Waals surface area contributed by atoms with Gasteiger partial charge in [-0.2, -0.15) is 0 Å². The lowest BCUT2D eigenvalue weighted by atomic mass is 10.2. The van der Waals surface area contributed by atoms with Crippen molar-refractivity contribution < 1.29 is 48.8 Å². The number of nitrogens with zero attached hydrogens (tertiary/aromatic N) is 3. The number of rotatable bonds is 18. The normalized spacial score (nSPS) is 12.1. The lowest BCUT2D eigenvalue weighted by Gasteiger charge is -2.29. The molecule has 0 aliphatic carbocycles. The molecule has 13 heteroatoms. The van der Waals surface area contributed by atoms with Crippen molar-refractivity contribution in [2.75, 3.05) is 58.9 Å². The van der Waals surface area contributed by atoms with Crippen molar-refractivity contribution in [1.29, 1.82) is 0 Å². The average molecular weight is 534 g/mol. The molecule has 37 heavy (non-hydrogen) atoms. The first-order chi connectivity index (χ1) is 16.9. The second-order valence-corrected chi connectivity index (χ2v) is 10.7. The van der Waals surface area contributed by atoms with E-state index < -0.39 is 41.0 Å². The van der Waals surface area contributed by atoms with Gasteiger partial charge in [0, 0.05) is 39.3 Å². The zero-order valence-corrected chi connectivity index (χ0v) is 22.8. The van der Waals surface area contributed by atoms with Crippen molar-refractivity contribution in [2.24, 2.45) is 0 Å². The molecule has 0 heterocycles. The van der Waals surface area contributed by atoms with E-state index in [1.807, 2.05) is 0 Å². The van der Waals surface area contributed by atoms with Gasteiger partial charge in [0.25, 0.3) is 0 Å². The Hall–Kier alpha value is -2.77. The summed E-state index contributed by atoms with van der Waals surface area (Å²) in [4.78, 5) is 62.8. The van der Waals surface area contributed by atoms with Crippen LogP contribution in [0.25, 0.3) is 0 Å². The van der Waals surface area contributed by atoms with Gasteiger partial charge in [0.2, 0.25) is 0 Å². The maximum atomic E-state index is 12.3. The Labute approximate surface area is 218 Å². The highest BCUT2D eigenvalue weighted by atomic mass is 16.6. The number of hydrogen-bond acceptors (Lipinski definition) is 10. The Bertz CT molecular complexity index is 718. The summed E-state index contributed by atoms with van der Waals surface area (Å²) in [6, 6.07) is 0. The standard InChI is InChI=1S/C24H43N3O10/c1-23(2,3)36-21(34)16-25(9-7-18(28)29)11-13-27(15-20(32)33)14-12-26(10-8-19(30)31)17-22(35)37-24(4,5)6/h7-17H2,1-6H3,(H,28,29)(H,30,31)(H,32,33). The lowest BCUT2D eigenvalue weighted by Crippen LogP contribution is -2.45.